The fourth-order valence-corrected chi connectivity index (χ4v) is 2.19. The van der Waals surface area contributed by atoms with Gasteiger partial charge in [-0.05, 0) is 58.6 Å². The van der Waals surface area contributed by atoms with Crippen molar-refractivity contribution in [1.29, 1.82) is 0 Å². The molecule has 2 rings (SSSR count). The van der Waals surface area contributed by atoms with Gasteiger partial charge < -0.3 is 9.64 Å². The van der Waals surface area contributed by atoms with Crippen molar-refractivity contribution in [3.8, 4) is 5.75 Å². The first-order valence-corrected chi connectivity index (χ1v) is 7.35. The Hall–Kier alpha value is -1.55. The van der Waals surface area contributed by atoms with Crippen molar-refractivity contribution < 1.29 is 4.74 Å². The Bertz CT molecular complexity index is 586. The second-order valence-electron chi connectivity index (χ2n) is 4.81. The SMILES string of the molecule is COc1cccc(CCN(C)c2cc(C)c(Br)cn2)c1. The van der Waals surface area contributed by atoms with E-state index in [0.29, 0.717) is 0 Å². The maximum absolute atomic E-state index is 5.24. The van der Waals surface area contributed by atoms with E-state index in [1.54, 1.807) is 7.11 Å². The number of rotatable bonds is 5. The van der Waals surface area contributed by atoms with Crippen LogP contribution in [0.3, 0.4) is 0 Å². The van der Waals surface area contributed by atoms with Crippen LogP contribution in [-0.4, -0.2) is 25.7 Å². The van der Waals surface area contributed by atoms with Gasteiger partial charge in [0.25, 0.3) is 0 Å². The Morgan fingerprint density at radius 3 is 2.80 bits per heavy atom. The molecule has 1 aromatic carbocycles. The van der Waals surface area contributed by atoms with Gasteiger partial charge in [0.2, 0.25) is 0 Å². The van der Waals surface area contributed by atoms with Crippen molar-refractivity contribution in [3.63, 3.8) is 0 Å². The first-order valence-electron chi connectivity index (χ1n) is 6.56. The van der Waals surface area contributed by atoms with E-state index in [1.165, 1.54) is 11.1 Å². The Balaban J connectivity index is 2.00. The van der Waals surface area contributed by atoms with Gasteiger partial charge in [0, 0.05) is 24.3 Å². The third-order valence-corrected chi connectivity index (χ3v) is 4.12. The monoisotopic (exact) mass is 334 g/mol. The van der Waals surface area contributed by atoms with Gasteiger partial charge in [-0.15, -0.1) is 0 Å². The van der Waals surface area contributed by atoms with Crippen molar-refractivity contribution >= 4 is 21.7 Å². The molecule has 0 spiro atoms. The Morgan fingerprint density at radius 2 is 2.10 bits per heavy atom. The lowest BCUT2D eigenvalue weighted by Crippen LogP contribution is -2.21. The number of pyridine rings is 1. The van der Waals surface area contributed by atoms with Gasteiger partial charge in [0.1, 0.15) is 11.6 Å². The van der Waals surface area contributed by atoms with Crippen LogP contribution in [0.5, 0.6) is 5.75 Å². The van der Waals surface area contributed by atoms with Crippen LogP contribution in [0, 0.1) is 6.92 Å². The lowest BCUT2D eigenvalue weighted by atomic mass is 10.1. The summed E-state index contributed by atoms with van der Waals surface area (Å²) in [6.45, 7) is 2.99. The standard InChI is InChI=1S/C16H19BrN2O/c1-12-9-16(18-11-15(12)17)19(2)8-7-13-5-4-6-14(10-13)20-3/h4-6,9-11H,7-8H2,1-3H3. The van der Waals surface area contributed by atoms with E-state index in [2.05, 4.69) is 58.0 Å². The first kappa shape index (κ1) is 14.9. The van der Waals surface area contributed by atoms with Crippen LogP contribution < -0.4 is 9.64 Å². The smallest absolute Gasteiger partial charge is 0.128 e. The van der Waals surface area contributed by atoms with Gasteiger partial charge in [-0.3, -0.25) is 0 Å². The second kappa shape index (κ2) is 6.75. The van der Waals surface area contributed by atoms with Gasteiger partial charge in [-0.25, -0.2) is 4.98 Å². The van der Waals surface area contributed by atoms with Crippen molar-refractivity contribution in [3.05, 3.63) is 52.1 Å². The third-order valence-electron chi connectivity index (χ3n) is 3.29. The summed E-state index contributed by atoms with van der Waals surface area (Å²) in [5, 5.41) is 0. The van der Waals surface area contributed by atoms with Crippen molar-refractivity contribution in [2.75, 3.05) is 25.6 Å². The van der Waals surface area contributed by atoms with E-state index >= 15 is 0 Å². The molecule has 3 nitrogen and oxygen atoms in total. The number of anilines is 1. The number of hydrogen-bond acceptors (Lipinski definition) is 3. The van der Waals surface area contributed by atoms with Crippen LogP contribution >= 0.6 is 15.9 Å². The summed E-state index contributed by atoms with van der Waals surface area (Å²) in [5.74, 6) is 1.90. The van der Waals surface area contributed by atoms with E-state index in [-0.39, 0.29) is 0 Å². The summed E-state index contributed by atoms with van der Waals surface area (Å²) in [7, 11) is 3.76. The topological polar surface area (TPSA) is 25.4 Å². The average molecular weight is 335 g/mol. The molecule has 0 N–H and O–H groups in total. The molecule has 0 aliphatic heterocycles. The minimum Gasteiger partial charge on any atom is -0.497 e. The molecule has 106 valence electrons. The number of ether oxygens (including phenoxy) is 1. The third kappa shape index (κ3) is 3.73. The number of benzene rings is 1. The number of aryl methyl sites for hydroxylation is 1. The highest BCUT2D eigenvalue weighted by molar-refractivity contribution is 9.10. The second-order valence-corrected chi connectivity index (χ2v) is 5.67. The molecule has 0 unspecified atom stereocenters. The number of aromatic nitrogens is 1. The zero-order chi connectivity index (χ0) is 14.5. The van der Waals surface area contributed by atoms with Gasteiger partial charge in [-0.1, -0.05) is 12.1 Å². The van der Waals surface area contributed by atoms with Crippen molar-refractivity contribution in [2.24, 2.45) is 0 Å². The summed E-state index contributed by atoms with van der Waals surface area (Å²) in [4.78, 5) is 6.60. The Kier molecular flexibility index (Phi) is 5.01. The summed E-state index contributed by atoms with van der Waals surface area (Å²) in [5.41, 5.74) is 2.47. The van der Waals surface area contributed by atoms with E-state index < -0.39 is 0 Å². The summed E-state index contributed by atoms with van der Waals surface area (Å²) >= 11 is 3.48. The van der Waals surface area contributed by atoms with Gasteiger partial charge in [0.05, 0.1) is 7.11 Å². The normalized spacial score (nSPS) is 10.4. The molecule has 2 aromatic rings. The zero-order valence-electron chi connectivity index (χ0n) is 12.1. The fraction of sp³-hybridized carbons (Fsp3) is 0.312. The number of methoxy groups -OCH3 is 1. The summed E-state index contributed by atoms with van der Waals surface area (Å²) < 4.78 is 6.29. The van der Waals surface area contributed by atoms with E-state index in [4.69, 9.17) is 4.74 Å². The molecule has 0 saturated heterocycles. The lowest BCUT2D eigenvalue weighted by molar-refractivity contribution is 0.414. The molecular weight excluding hydrogens is 316 g/mol. The van der Waals surface area contributed by atoms with Crippen LogP contribution in [0.2, 0.25) is 0 Å². The predicted molar refractivity (Wildman–Crippen MR) is 86.6 cm³/mol. The molecule has 0 radical (unpaired) electrons. The molecule has 0 saturated carbocycles. The molecule has 0 atom stereocenters. The molecule has 0 fully saturated rings. The number of halogens is 1. The highest BCUT2D eigenvalue weighted by Gasteiger charge is 2.05. The maximum atomic E-state index is 5.24. The molecule has 20 heavy (non-hydrogen) atoms. The zero-order valence-corrected chi connectivity index (χ0v) is 13.6. The Morgan fingerprint density at radius 1 is 1.30 bits per heavy atom. The molecule has 0 amide bonds. The van der Waals surface area contributed by atoms with Crippen LogP contribution in [-0.2, 0) is 6.42 Å². The van der Waals surface area contributed by atoms with E-state index in [0.717, 1.165) is 29.0 Å². The van der Waals surface area contributed by atoms with Crippen molar-refractivity contribution in [2.45, 2.75) is 13.3 Å². The number of hydrogen-bond donors (Lipinski definition) is 0. The predicted octanol–water partition coefficient (Wildman–Crippen LogP) is 3.84. The molecule has 0 bridgehead atoms. The van der Waals surface area contributed by atoms with Crippen LogP contribution in [0.1, 0.15) is 11.1 Å². The van der Waals surface area contributed by atoms with Crippen molar-refractivity contribution in [1.82, 2.24) is 4.98 Å². The lowest BCUT2D eigenvalue weighted by Gasteiger charge is -2.19. The van der Waals surface area contributed by atoms with Crippen LogP contribution in [0.15, 0.2) is 41.0 Å². The fourth-order valence-electron chi connectivity index (χ4n) is 1.97. The highest BCUT2D eigenvalue weighted by Crippen LogP contribution is 2.20. The van der Waals surface area contributed by atoms with Gasteiger partial charge >= 0.3 is 0 Å². The molecule has 4 heteroatoms. The summed E-state index contributed by atoms with van der Waals surface area (Å²) in [6.07, 6.45) is 2.82. The number of likely N-dealkylation sites (N-methyl/N-ethyl adjacent to an activating group) is 1. The molecule has 0 aliphatic carbocycles. The first-order chi connectivity index (χ1) is 9.60. The average Bonchev–Trinajstić information content (AvgIpc) is 2.47. The van der Waals surface area contributed by atoms with Gasteiger partial charge in [-0.2, -0.15) is 0 Å². The van der Waals surface area contributed by atoms with Crippen LogP contribution in [0.25, 0.3) is 0 Å². The van der Waals surface area contributed by atoms with E-state index in [1.807, 2.05) is 18.3 Å². The van der Waals surface area contributed by atoms with Gasteiger partial charge in [0.15, 0.2) is 0 Å². The highest BCUT2D eigenvalue weighted by atomic mass is 79.9. The Labute approximate surface area is 128 Å². The molecule has 0 aliphatic rings. The quantitative estimate of drug-likeness (QED) is 0.830. The minimum atomic E-state index is 0.905. The maximum Gasteiger partial charge on any atom is 0.128 e. The minimum absolute atomic E-state index is 0.905. The molecule has 1 aromatic heterocycles. The molecular formula is C16H19BrN2O. The largest absolute Gasteiger partial charge is 0.497 e. The molecule has 1 heterocycles. The van der Waals surface area contributed by atoms with E-state index in [9.17, 15) is 0 Å². The summed E-state index contributed by atoms with van der Waals surface area (Å²) in [6, 6.07) is 10.3. The number of nitrogens with zero attached hydrogens (tertiary/aromatic N) is 2. The van der Waals surface area contributed by atoms with Crippen LogP contribution in [0.4, 0.5) is 5.82 Å².